The molecule has 3 aromatic rings. The first kappa shape index (κ1) is 16.5. The number of aromatic carboxylic acids is 1. The summed E-state index contributed by atoms with van der Waals surface area (Å²) in [4.78, 5) is 17.4. The molecule has 6 nitrogen and oxygen atoms in total. The Balaban J connectivity index is 1.67. The topological polar surface area (TPSA) is 70.7 Å². The Labute approximate surface area is 149 Å². The van der Waals surface area contributed by atoms with Crippen molar-refractivity contribution < 1.29 is 14.3 Å². The summed E-state index contributed by atoms with van der Waals surface area (Å²) < 4.78 is 15.1. The Hall–Kier alpha value is -2.96. The van der Waals surface area contributed by atoms with Crippen molar-refractivity contribution in [3.8, 4) is 0 Å². The third-order valence-corrected chi connectivity index (χ3v) is 5.15. The number of carbonyl (C=O) groups is 1. The number of carboxylic acid groups (broad SMARTS) is 1. The lowest BCUT2D eigenvalue weighted by Gasteiger charge is -2.26. The lowest BCUT2D eigenvalue weighted by Crippen LogP contribution is -2.28. The fraction of sp³-hybridized carbons (Fsp3) is 0.316. The summed E-state index contributed by atoms with van der Waals surface area (Å²) in [6.07, 6.45) is 2.71. The third-order valence-electron chi connectivity index (χ3n) is 5.15. The Morgan fingerprint density at radius 3 is 2.88 bits per heavy atom. The van der Waals surface area contributed by atoms with Gasteiger partial charge in [0.1, 0.15) is 5.82 Å². The summed E-state index contributed by atoms with van der Waals surface area (Å²) in [6.45, 7) is 5.62. The number of aromatic nitrogens is 3. The van der Waals surface area contributed by atoms with E-state index in [0.29, 0.717) is 5.65 Å². The van der Waals surface area contributed by atoms with E-state index in [2.05, 4.69) is 21.9 Å². The van der Waals surface area contributed by atoms with Crippen molar-refractivity contribution in [3.05, 3.63) is 59.3 Å². The highest BCUT2D eigenvalue weighted by Crippen LogP contribution is 2.37. The van der Waals surface area contributed by atoms with Gasteiger partial charge in [0.25, 0.3) is 5.82 Å². The first-order valence-electron chi connectivity index (χ1n) is 8.47. The zero-order valence-electron chi connectivity index (χ0n) is 14.6. The van der Waals surface area contributed by atoms with Gasteiger partial charge in [0.05, 0.1) is 11.9 Å². The van der Waals surface area contributed by atoms with Crippen LogP contribution in [0.15, 0.2) is 36.5 Å². The van der Waals surface area contributed by atoms with Crippen LogP contribution in [0.2, 0.25) is 0 Å². The summed E-state index contributed by atoms with van der Waals surface area (Å²) >= 11 is 0. The molecule has 134 valence electrons. The zero-order valence-corrected chi connectivity index (χ0v) is 14.6. The number of hydrogen-bond acceptors (Lipinski definition) is 4. The van der Waals surface area contributed by atoms with Gasteiger partial charge >= 0.3 is 5.97 Å². The lowest BCUT2D eigenvalue weighted by molar-refractivity contribution is 0.0684. The van der Waals surface area contributed by atoms with Crippen LogP contribution in [0, 0.1) is 12.7 Å². The zero-order chi connectivity index (χ0) is 18.5. The van der Waals surface area contributed by atoms with E-state index >= 15 is 0 Å². The average molecular weight is 354 g/mol. The van der Waals surface area contributed by atoms with Gasteiger partial charge in [-0.2, -0.15) is 0 Å². The van der Waals surface area contributed by atoms with Crippen LogP contribution in [0.4, 0.5) is 10.1 Å². The molecule has 1 aliphatic rings. The predicted molar refractivity (Wildman–Crippen MR) is 95.3 cm³/mol. The largest absolute Gasteiger partial charge is 0.475 e. The molecule has 0 bridgehead atoms. The molecule has 2 aromatic heterocycles. The summed E-state index contributed by atoms with van der Waals surface area (Å²) in [5.74, 6) is -1.57. The maximum absolute atomic E-state index is 13.6. The van der Waals surface area contributed by atoms with Crippen molar-refractivity contribution in [1.82, 2.24) is 14.6 Å². The summed E-state index contributed by atoms with van der Waals surface area (Å²) in [6, 6.07) is 8.78. The molecule has 1 atom stereocenters. The van der Waals surface area contributed by atoms with Crippen molar-refractivity contribution in [2.45, 2.75) is 25.7 Å². The molecular weight excluding hydrogens is 335 g/mol. The molecule has 0 radical (unpaired) electrons. The number of fused-ring (bicyclic) bond motifs is 1. The number of rotatable bonds is 3. The molecule has 0 amide bonds. The summed E-state index contributed by atoms with van der Waals surface area (Å²) in [5, 5.41) is 13.1. The van der Waals surface area contributed by atoms with Gasteiger partial charge in [-0.15, -0.1) is 5.10 Å². The second kappa shape index (κ2) is 5.79. The number of carboxylic acids is 1. The number of halogens is 1. The second-order valence-corrected chi connectivity index (χ2v) is 7.13. The van der Waals surface area contributed by atoms with Crippen LogP contribution in [0.3, 0.4) is 0 Å². The van der Waals surface area contributed by atoms with Gasteiger partial charge in [0.15, 0.2) is 5.65 Å². The van der Waals surface area contributed by atoms with Crippen molar-refractivity contribution in [1.29, 1.82) is 0 Å². The number of aryl methyl sites for hydroxylation is 1. The van der Waals surface area contributed by atoms with E-state index in [9.17, 15) is 9.18 Å². The normalized spacial score (nSPS) is 20.0. The van der Waals surface area contributed by atoms with Crippen LogP contribution in [0.1, 0.15) is 35.1 Å². The molecule has 1 N–H and O–H groups in total. The predicted octanol–water partition coefficient (Wildman–Crippen LogP) is 3.04. The molecule has 0 unspecified atom stereocenters. The summed E-state index contributed by atoms with van der Waals surface area (Å²) in [7, 11) is 0. The minimum Gasteiger partial charge on any atom is -0.475 e. The van der Waals surface area contributed by atoms with Gasteiger partial charge in [-0.1, -0.05) is 19.1 Å². The van der Waals surface area contributed by atoms with E-state index in [-0.39, 0.29) is 17.1 Å². The second-order valence-electron chi connectivity index (χ2n) is 7.13. The van der Waals surface area contributed by atoms with E-state index < -0.39 is 5.97 Å². The molecule has 0 saturated carbocycles. The average Bonchev–Trinajstić information content (AvgIpc) is 3.20. The molecule has 0 spiro atoms. The van der Waals surface area contributed by atoms with Crippen LogP contribution in [-0.2, 0) is 5.41 Å². The number of pyridine rings is 1. The fourth-order valence-corrected chi connectivity index (χ4v) is 3.68. The van der Waals surface area contributed by atoms with E-state index in [1.54, 1.807) is 18.3 Å². The minimum atomic E-state index is -1.14. The highest BCUT2D eigenvalue weighted by atomic mass is 19.1. The smallest absolute Gasteiger partial charge is 0.375 e. The first-order valence-corrected chi connectivity index (χ1v) is 8.47. The minimum absolute atomic E-state index is 0.139. The lowest BCUT2D eigenvalue weighted by atomic mass is 9.82. The summed E-state index contributed by atoms with van der Waals surface area (Å²) in [5.41, 5.74) is 3.21. The molecule has 26 heavy (non-hydrogen) atoms. The fourth-order valence-electron chi connectivity index (χ4n) is 3.68. The van der Waals surface area contributed by atoms with Gasteiger partial charge in [-0.25, -0.2) is 18.7 Å². The van der Waals surface area contributed by atoms with Crippen LogP contribution in [0.25, 0.3) is 5.65 Å². The van der Waals surface area contributed by atoms with Crippen LogP contribution < -0.4 is 4.90 Å². The van der Waals surface area contributed by atoms with Crippen molar-refractivity contribution in [2.75, 3.05) is 18.0 Å². The Morgan fingerprint density at radius 2 is 2.15 bits per heavy atom. The van der Waals surface area contributed by atoms with Gasteiger partial charge in [-0.05, 0) is 42.7 Å². The van der Waals surface area contributed by atoms with Crippen LogP contribution in [0.5, 0.6) is 0 Å². The van der Waals surface area contributed by atoms with Gasteiger partial charge in [0.2, 0.25) is 0 Å². The number of nitrogens with zero attached hydrogens (tertiary/aromatic N) is 4. The number of benzene rings is 1. The van der Waals surface area contributed by atoms with Crippen LogP contribution >= 0.6 is 0 Å². The van der Waals surface area contributed by atoms with Gasteiger partial charge < -0.3 is 10.0 Å². The molecule has 0 aliphatic carbocycles. The standard InChI is InChI=1S/C19H19FN4O2/c1-12-8-15(10-24-17(12)21-16(22-24)18(25)26)23-7-6-19(2,11-23)13-4-3-5-14(20)9-13/h3-5,8-10H,6-7,11H2,1-2H3,(H,25,26)/t19-/m1/s1. The third kappa shape index (κ3) is 2.69. The van der Waals surface area contributed by atoms with Crippen molar-refractivity contribution in [3.63, 3.8) is 0 Å². The molecule has 1 saturated heterocycles. The van der Waals surface area contributed by atoms with E-state index in [1.165, 1.54) is 10.6 Å². The molecule has 7 heteroatoms. The number of anilines is 1. The molecular formula is C19H19FN4O2. The van der Waals surface area contributed by atoms with Gasteiger partial charge in [0, 0.05) is 18.5 Å². The van der Waals surface area contributed by atoms with Crippen LogP contribution in [-0.4, -0.2) is 38.8 Å². The van der Waals surface area contributed by atoms with Gasteiger partial charge in [-0.3, -0.25) is 0 Å². The van der Waals surface area contributed by atoms with E-state index in [4.69, 9.17) is 5.11 Å². The highest BCUT2D eigenvalue weighted by molar-refractivity contribution is 5.84. The highest BCUT2D eigenvalue weighted by Gasteiger charge is 2.36. The Bertz CT molecular complexity index is 1020. The molecule has 4 rings (SSSR count). The SMILES string of the molecule is Cc1cc(N2CC[C@@](C)(c3cccc(F)c3)C2)cn2nc(C(=O)O)nc12. The Kier molecular flexibility index (Phi) is 3.68. The number of hydrogen-bond donors (Lipinski definition) is 1. The molecule has 1 aromatic carbocycles. The Morgan fingerprint density at radius 1 is 1.35 bits per heavy atom. The van der Waals surface area contributed by atoms with E-state index in [1.807, 2.05) is 19.1 Å². The quantitative estimate of drug-likeness (QED) is 0.783. The van der Waals surface area contributed by atoms with E-state index in [0.717, 1.165) is 36.3 Å². The first-order chi connectivity index (χ1) is 12.4. The maximum atomic E-state index is 13.6. The molecule has 1 aliphatic heterocycles. The van der Waals surface area contributed by atoms with Crippen molar-refractivity contribution >= 4 is 17.3 Å². The maximum Gasteiger partial charge on any atom is 0.375 e. The molecule has 1 fully saturated rings. The van der Waals surface area contributed by atoms with Crippen molar-refractivity contribution in [2.24, 2.45) is 0 Å². The monoisotopic (exact) mass is 354 g/mol. The molecule has 3 heterocycles.